The molecule has 7 heteroatoms. The zero-order chi connectivity index (χ0) is 14.4. The van der Waals surface area contributed by atoms with E-state index in [1.807, 2.05) is 0 Å². The summed E-state index contributed by atoms with van der Waals surface area (Å²) in [7, 11) is 0. The fraction of sp³-hybridized carbons (Fsp3) is 0.154. The summed E-state index contributed by atoms with van der Waals surface area (Å²) in [6.45, 7) is 0.835. The first-order chi connectivity index (χ1) is 9.66. The summed E-state index contributed by atoms with van der Waals surface area (Å²) in [6, 6.07) is 8.34. The number of nitro benzene ring substituents is 1. The standard InChI is InChI=1S/C13H12BrN3O3/c14-10-3-4-13(17(18)19)12(8-10)16-6-7-20-11-2-1-5-15-9-11/h1-5,8-9,16H,6-7H2. The van der Waals surface area contributed by atoms with E-state index in [9.17, 15) is 10.1 Å². The number of anilines is 1. The summed E-state index contributed by atoms with van der Waals surface area (Å²) in [5.74, 6) is 0.665. The van der Waals surface area contributed by atoms with Gasteiger partial charge in [-0.05, 0) is 24.3 Å². The molecule has 0 aliphatic carbocycles. The first kappa shape index (κ1) is 14.3. The largest absolute Gasteiger partial charge is 0.490 e. The summed E-state index contributed by atoms with van der Waals surface area (Å²) in [4.78, 5) is 14.4. The van der Waals surface area contributed by atoms with Crippen molar-refractivity contribution in [2.24, 2.45) is 0 Å². The molecule has 0 aliphatic heterocycles. The highest BCUT2D eigenvalue weighted by Gasteiger charge is 2.13. The lowest BCUT2D eigenvalue weighted by Gasteiger charge is -2.09. The Labute approximate surface area is 124 Å². The highest BCUT2D eigenvalue weighted by Crippen LogP contribution is 2.27. The van der Waals surface area contributed by atoms with Gasteiger partial charge < -0.3 is 10.1 Å². The van der Waals surface area contributed by atoms with Gasteiger partial charge in [-0.3, -0.25) is 15.1 Å². The number of rotatable bonds is 6. The maximum absolute atomic E-state index is 10.9. The topological polar surface area (TPSA) is 77.3 Å². The Kier molecular flexibility index (Phi) is 4.89. The molecular weight excluding hydrogens is 326 g/mol. The zero-order valence-electron chi connectivity index (χ0n) is 10.5. The molecule has 0 saturated carbocycles. The van der Waals surface area contributed by atoms with Crippen LogP contribution in [0.1, 0.15) is 0 Å². The molecule has 1 N–H and O–H groups in total. The molecule has 0 unspecified atom stereocenters. The van der Waals surface area contributed by atoms with Crippen LogP contribution in [-0.2, 0) is 0 Å². The zero-order valence-corrected chi connectivity index (χ0v) is 12.0. The van der Waals surface area contributed by atoms with E-state index < -0.39 is 4.92 Å². The number of aromatic nitrogens is 1. The minimum atomic E-state index is -0.420. The number of benzene rings is 1. The van der Waals surface area contributed by atoms with Crippen LogP contribution in [0.25, 0.3) is 0 Å². The molecule has 0 spiro atoms. The third kappa shape index (κ3) is 3.92. The van der Waals surface area contributed by atoms with E-state index in [1.165, 1.54) is 6.07 Å². The minimum Gasteiger partial charge on any atom is -0.490 e. The number of pyridine rings is 1. The predicted octanol–water partition coefficient (Wildman–Crippen LogP) is 3.24. The van der Waals surface area contributed by atoms with Crippen molar-refractivity contribution < 1.29 is 9.66 Å². The van der Waals surface area contributed by atoms with Crippen LogP contribution < -0.4 is 10.1 Å². The number of nitrogens with zero attached hydrogens (tertiary/aromatic N) is 2. The number of nitro groups is 1. The minimum absolute atomic E-state index is 0.0366. The molecule has 1 heterocycles. The Morgan fingerprint density at radius 3 is 2.95 bits per heavy atom. The van der Waals surface area contributed by atoms with Crippen molar-refractivity contribution in [2.45, 2.75) is 0 Å². The van der Waals surface area contributed by atoms with E-state index in [2.05, 4.69) is 26.2 Å². The fourth-order valence-corrected chi connectivity index (χ4v) is 1.96. The summed E-state index contributed by atoms with van der Waals surface area (Å²) in [6.07, 6.45) is 3.28. The van der Waals surface area contributed by atoms with Gasteiger partial charge in [0.25, 0.3) is 5.69 Å². The normalized spacial score (nSPS) is 10.1. The van der Waals surface area contributed by atoms with E-state index >= 15 is 0 Å². The predicted molar refractivity (Wildman–Crippen MR) is 79.0 cm³/mol. The molecule has 104 valence electrons. The van der Waals surface area contributed by atoms with Gasteiger partial charge in [-0.15, -0.1) is 0 Å². The highest BCUT2D eigenvalue weighted by atomic mass is 79.9. The first-order valence-electron chi connectivity index (χ1n) is 5.87. The molecule has 0 amide bonds. The Hall–Kier alpha value is -2.15. The Bertz CT molecular complexity index is 593. The molecule has 1 aromatic heterocycles. The number of nitrogens with one attached hydrogen (secondary N) is 1. The van der Waals surface area contributed by atoms with Gasteiger partial charge in [0.2, 0.25) is 0 Å². The van der Waals surface area contributed by atoms with E-state index in [0.717, 1.165) is 4.47 Å². The molecule has 0 saturated heterocycles. The molecule has 0 bridgehead atoms. The van der Waals surface area contributed by atoms with Crippen LogP contribution in [-0.4, -0.2) is 23.1 Å². The molecule has 0 aliphatic rings. The van der Waals surface area contributed by atoms with E-state index in [1.54, 1.807) is 36.7 Å². The molecule has 0 fully saturated rings. The molecule has 2 rings (SSSR count). The van der Waals surface area contributed by atoms with Gasteiger partial charge in [0.1, 0.15) is 18.0 Å². The third-order valence-corrected chi connectivity index (χ3v) is 2.97. The average Bonchev–Trinajstić information content (AvgIpc) is 2.44. The van der Waals surface area contributed by atoms with Gasteiger partial charge in [0.15, 0.2) is 0 Å². The van der Waals surface area contributed by atoms with Crippen molar-refractivity contribution in [2.75, 3.05) is 18.5 Å². The van der Waals surface area contributed by atoms with E-state index in [-0.39, 0.29) is 5.69 Å². The second-order valence-corrected chi connectivity index (χ2v) is 4.80. The van der Waals surface area contributed by atoms with E-state index in [0.29, 0.717) is 24.6 Å². The summed E-state index contributed by atoms with van der Waals surface area (Å²) in [5, 5.41) is 13.9. The number of hydrogen-bond donors (Lipinski definition) is 1. The smallest absolute Gasteiger partial charge is 0.292 e. The van der Waals surface area contributed by atoms with Crippen LogP contribution in [0.2, 0.25) is 0 Å². The summed E-state index contributed by atoms with van der Waals surface area (Å²) >= 11 is 3.29. The van der Waals surface area contributed by atoms with Crippen molar-refractivity contribution in [3.05, 3.63) is 57.3 Å². The maximum atomic E-state index is 10.9. The average molecular weight is 338 g/mol. The fourth-order valence-electron chi connectivity index (χ4n) is 1.60. The van der Waals surface area contributed by atoms with Gasteiger partial charge in [-0.1, -0.05) is 15.9 Å². The lowest BCUT2D eigenvalue weighted by molar-refractivity contribution is -0.384. The van der Waals surface area contributed by atoms with Crippen LogP contribution in [0.15, 0.2) is 47.2 Å². The lowest BCUT2D eigenvalue weighted by atomic mass is 10.2. The monoisotopic (exact) mass is 337 g/mol. The van der Waals surface area contributed by atoms with Crippen LogP contribution in [0.5, 0.6) is 5.75 Å². The third-order valence-electron chi connectivity index (χ3n) is 2.48. The molecule has 2 aromatic rings. The van der Waals surface area contributed by atoms with Crippen molar-refractivity contribution in [1.29, 1.82) is 0 Å². The van der Waals surface area contributed by atoms with Crippen LogP contribution >= 0.6 is 15.9 Å². The number of halogens is 1. The summed E-state index contributed by atoms with van der Waals surface area (Å²) in [5.41, 5.74) is 0.494. The first-order valence-corrected chi connectivity index (χ1v) is 6.67. The maximum Gasteiger partial charge on any atom is 0.292 e. The van der Waals surface area contributed by atoms with E-state index in [4.69, 9.17) is 4.74 Å². The van der Waals surface area contributed by atoms with Crippen molar-refractivity contribution >= 4 is 27.3 Å². The number of ether oxygens (including phenoxy) is 1. The van der Waals surface area contributed by atoms with Gasteiger partial charge >= 0.3 is 0 Å². The molecule has 20 heavy (non-hydrogen) atoms. The van der Waals surface area contributed by atoms with Gasteiger partial charge in [-0.2, -0.15) is 0 Å². The van der Waals surface area contributed by atoms with Gasteiger partial charge in [0.05, 0.1) is 11.1 Å². The number of hydrogen-bond acceptors (Lipinski definition) is 5. The Balaban J connectivity index is 1.91. The molecule has 0 atom stereocenters. The van der Waals surface area contributed by atoms with Crippen LogP contribution in [0.3, 0.4) is 0 Å². The SMILES string of the molecule is O=[N+]([O-])c1ccc(Br)cc1NCCOc1cccnc1. The van der Waals surface area contributed by atoms with Crippen LogP contribution in [0, 0.1) is 10.1 Å². The second kappa shape index (κ2) is 6.85. The van der Waals surface area contributed by atoms with Crippen LogP contribution in [0.4, 0.5) is 11.4 Å². The Morgan fingerprint density at radius 2 is 2.25 bits per heavy atom. The van der Waals surface area contributed by atoms with Gasteiger partial charge in [-0.25, -0.2) is 0 Å². The van der Waals surface area contributed by atoms with Crippen molar-refractivity contribution in [3.8, 4) is 5.75 Å². The quantitative estimate of drug-likeness (QED) is 0.497. The second-order valence-electron chi connectivity index (χ2n) is 3.88. The lowest BCUT2D eigenvalue weighted by Crippen LogP contribution is -2.12. The van der Waals surface area contributed by atoms with Gasteiger partial charge in [0, 0.05) is 23.3 Å². The Morgan fingerprint density at radius 1 is 1.40 bits per heavy atom. The molecular formula is C13H12BrN3O3. The highest BCUT2D eigenvalue weighted by molar-refractivity contribution is 9.10. The molecule has 1 aromatic carbocycles. The van der Waals surface area contributed by atoms with Crippen molar-refractivity contribution in [3.63, 3.8) is 0 Å². The molecule has 0 radical (unpaired) electrons. The summed E-state index contributed by atoms with van der Waals surface area (Å²) < 4.78 is 6.23. The van der Waals surface area contributed by atoms with Crippen molar-refractivity contribution in [1.82, 2.24) is 4.98 Å². The molecule has 6 nitrogen and oxygen atoms in total.